The highest BCUT2D eigenvalue weighted by Crippen LogP contribution is 2.35. The first-order valence-corrected chi connectivity index (χ1v) is 8.99. The zero-order chi connectivity index (χ0) is 13.1. The van der Waals surface area contributed by atoms with Gasteiger partial charge in [-0.05, 0) is 51.6 Å². The Morgan fingerprint density at radius 3 is 2.95 bits per heavy atom. The smallest absolute Gasteiger partial charge is 0.157 e. The highest BCUT2D eigenvalue weighted by molar-refractivity contribution is 8.13. The Morgan fingerprint density at radius 1 is 1.26 bits per heavy atom. The van der Waals surface area contributed by atoms with Gasteiger partial charge in [-0.2, -0.15) is 0 Å². The van der Waals surface area contributed by atoms with Crippen LogP contribution in [0.25, 0.3) is 0 Å². The minimum absolute atomic E-state index is 0.530. The van der Waals surface area contributed by atoms with E-state index in [1.807, 2.05) is 11.8 Å². The van der Waals surface area contributed by atoms with Gasteiger partial charge in [-0.3, -0.25) is 4.99 Å². The molecule has 4 heteroatoms. The highest BCUT2D eigenvalue weighted by Gasteiger charge is 2.31. The lowest BCUT2D eigenvalue weighted by Crippen LogP contribution is -2.44. The van der Waals surface area contributed by atoms with E-state index in [1.165, 1.54) is 69.1 Å². The van der Waals surface area contributed by atoms with Gasteiger partial charge >= 0.3 is 0 Å². The molecule has 0 aromatic carbocycles. The van der Waals surface area contributed by atoms with Gasteiger partial charge in [0.15, 0.2) is 5.17 Å². The fourth-order valence-corrected chi connectivity index (χ4v) is 4.88. The monoisotopic (exact) mass is 281 g/mol. The molecule has 108 valence electrons. The molecule has 0 radical (unpaired) electrons. The summed E-state index contributed by atoms with van der Waals surface area (Å²) in [5.41, 5.74) is 0. The van der Waals surface area contributed by atoms with Crippen molar-refractivity contribution in [3.63, 3.8) is 0 Å². The zero-order valence-electron chi connectivity index (χ0n) is 12.1. The third-order valence-corrected chi connectivity index (χ3v) is 5.78. The fraction of sp³-hybridized carbons (Fsp3) is 0.933. The summed E-state index contributed by atoms with van der Waals surface area (Å²) in [6, 6.07) is 1.16. The summed E-state index contributed by atoms with van der Waals surface area (Å²) >= 11 is 1.95. The molecule has 0 aromatic rings. The van der Waals surface area contributed by atoms with Crippen LogP contribution in [0.2, 0.25) is 0 Å². The first kappa shape index (κ1) is 13.7. The Balaban J connectivity index is 1.47. The highest BCUT2D eigenvalue weighted by atomic mass is 32.2. The van der Waals surface area contributed by atoms with Gasteiger partial charge in [0.2, 0.25) is 0 Å². The van der Waals surface area contributed by atoms with Crippen LogP contribution in [0.3, 0.4) is 0 Å². The summed E-state index contributed by atoms with van der Waals surface area (Å²) in [5, 5.41) is 4.87. The number of hydrogen-bond acceptors (Lipinski definition) is 4. The molecule has 1 saturated carbocycles. The van der Waals surface area contributed by atoms with E-state index in [2.05, 4.69) is 17.1 Å². The molecule has 2 aliphatic heterocycles. The molecule has 2 fully saturated rings. The zero-order valence-corrected chi connectivity index (χ0v) is 12.9. The minimum Gasteiger partial charge on any atom is -0.361 e. The maximum atomic E-state index is 4.93. The van der Waals surface area contributed by atoms with Crippen LogP contribution in [0.15, 0.2) is 4.99 Å². The van der Waals surface area contributed by atoms with E-state index in [4.69, 9.17) is 4.99 Å². The number of nitrogens with zero attached hydrogens (tertiary/aromatic N) is 2. The summed E-state index contributed by atoms with van der Waals surface area (Å²) in [7, 11) is 0. The van der Waals surface area contributed by atoms with Crippen LogP contribution < -0.4 is 5.32 Å². The summed E-state index contributed by atoms with van der Waals surface area (Å²) in [6.45, 7) is 6.05. The summed E-state index contributed by atoms with van der Waals surface area (Å²) in [6.07, 6.45) is 8.28. The van der Waals surface area contributed by atoms with E-state index in [9.17, 15) is 0 Å². The lowest BCUT2D eigenvalue weighted by molar-refractivity contribution is 0.215. The number of thioether (sulfide) groups is 1. The predicted octanol–water partition coefficient (Wildman–Crippen LogP) is 2.72. The normalized spacial score (nSPS) is 33.6. The van der Waals surface area contributed by atoms with Gasteiger partial charge in [0.05, 0.1) is 6.04 Å². The standard InChI is InChI=1S/C15H27N3S/c1-12(10-18-8-3-2-4-9-18)16-15-17-14-7-5-6-13(14)11-19-15/h12-14H,2-11H2,1H3,(H,16,17). The number of piperidine rings is 1. The van der Waals surface area contributed by atoms with Crippen LogP contribution in [0.4, 0.5) is 0 Å². The second kappa shape index (κ2) is 6.49. The number of aliphatic imine (C=N–C) groups is 1. The van der Waals surface area contributed by atoms with Crippen molar-refractivity contribution in [2.75, 3.05) is 25.4 Å². The van der Waals surface area contributed by atoms with Crippen LogP contribution in [0.1, 0.15) is 45.4 Å². The van der Waals surface area contributed by atoms with Gasteiger partial charge < -0.3 is 10.2 Å². The second-order valence-electron chi connectivity index (χ2n) is 6.41. The van der Waals surface area contributed by atoms with Gasteiger partial charge in [-0.1, -0.05) is 24.6 Å². The van der Waals surface area contributed by atoms with Crippen molar-refractivity contribution in [1.82, 2.24) is 10.2 Å². The van der Waals surface area contributed by atoms with Crippen molar-refractivity contribution in [3.8, 4) is 0 Å². The Bertz CT molecular complexity index is 325. The molecule has 1 aliphatic carbocycles. The first-order valence-electron chi connectivity index (χ1n) is 8.01. The predicted molar refractivity (Wildman–Crippen MR) is 83.9 cm³/mol. The molecular formula is C15H27N3S. The van der Waals surface area contributed by atoms with Gasteiger partial charge in [0, 0.05) is 18.3 Å². The van der Waals surface area contributed by atoms with Gasteiger partial charge in [0.1, 0.15) is 0 Å². The van der Waals surface area contributed by atoms with E-state index in [1.54, 1.807) is 0 Å². The van der Waals surface area contributed by atoms with Crippen molar-refractivity contribution >= 4 is 16.9 Å². The maximum absolute atomic E-state index is 4.93. The van der Waals surface area contributed by atoms with E-state index in [0.717, 1.165) is 5.92 Å². The van der Waals surface area contributed by atoms with Gasteiger partial charge in [-0.25, -0.2) is 0 Å². The number of fused-ring (bicyclic) bond motifs is 1. The van der Waals surface area contributed by atoms with Crippen LogP contribution in [0.5, 0.6) is 0 Å². The quantitative estimate of drug-likeness (QED) is 0.862. The fourth-order valence-electron chi connectivity index (χ4n) is 3.62. The number of likely N-dealkylation sites (tertiary alicyclic amines) is 1. The molecule has 3 rings (SSSR count). The third-order valence-electron chi connectivity index (χ3n) is 4.69. The average Bonchev–Trinajstić information content (AvgIpc) is 2.87. The Hall–Kier alpha value is -0.220. The van der Waals surface area contributed by atoms with Crippen molar-refractivity contribution < 1.29 is 0 Å². The molecule has 0 aromatic heterocycles. The molecule has 0 bridgehead atoms. The van der Waals surface area contributed by atoms with Crippen LogP contribution in [-0.2, 0) is 0 Å². The minimum atomic E-state index is 0.530. The van der Waals surface area contributed by atoms with Gasteiger partial charge in [-0.15, -0.1) is 0 Å². The largest absolute Gasteiger partial charge is 0.361 e. The molecule has 19 heavy (non-hydrogen) atoms. The topological polar surface area (TPSA) is 27.6 Å². The number of hydrogen-bond donors (Lipinski definition) is 1. The molecule has 0 amide bonds. The van der Waals surface area contributed by atoms with Crippen molar-refractivity contribution in [3.05, 3.63) is 0 Å². The molecule has 1 saturated heterocycles. The summed E-state index contributed by atoms with van der Waals surface area (Å²) < 4.78 is 0. The van der Waals surface area contributed by atoms with E-state index < -0.39 is 0 Å². The molecule has 3 unspecified atom stereocenters. The summed E-state index contributed by atoms with van der Waals surface area (Å²) in [5.74, 6) is 2.15. The van der Waals surface area contributed by atoms with Crippen LogP contribution in [0, 0.1) is 5.92 Å². The van der Waals surface area contributed by atoms with E-state index in [-0.39, 0.29) is 0 Å². The summed E-state index contributed by atoms with van der Waals surface area (Å²) in [4.78, 5) is 7.53. The first-order chi connectivity index (χ1) is 9.31. The van der Waals surface area contributed by atoms with Crippen LogP contribution in [-0.4, -0.2) is 47.5 Å². The van der Waals surface area contributed by atoms with E-state index >= 15 is 0 Å². The molecule has 3 nitrogen and oxygen atoms in total. The van der Waals surface area contributed by atoms with Crippen molar-refractivity contribution in [2.24, 2.45) is 10.9 Å². The number of amidine groups is 1. The Kier molecular flexibility index (Phi) is 4.69. The maximum Gasteiger partial charge on any atom is 0.157 e. The van der Waals surface area contributed by atoms with Crippen molar-refractivity contribution in [2.45, 2.75) is 57.5 Å². The molecule has 1 N–H and O–H groups in total. The van der Waals surface area contributed by atoms with E-state index in [0.29, 0.717) is 12.1 Å². The molecule has 0 spiro atoms. The molecule has 3 atom stereocenters. The van der Waals surface area contributed by atoms with Crippen LogP contribution >= 0.6 is 11.8 Å². The lowest BCUT2D eigenvalue weighted by atomic mass is 10.1. The van der Waals surface area contributed by atoms with Gasteiger partial charge in [0.25, 0.3) is 0 Å². The Morgan fingerprint density at radius 2 is 2.11 bits per heavy atom. The number of rotatable bonds is 3. The van der Waals surface area contributed by atoms with Crippen molar-refractivity contribution in [1.29, 1.82) is 0 Å². The Labute approximate surface area is 121 Å². The molecule has 2 heterocycles. The average molecular weight is 281 g/mol. The second-order valence-corrected chi connectivity index (χ2v) is 7.42. The third kappa shape index (κ3) is 3.66. The SMILES string of the molecule is CC(CN1CCCCC1)NC1=NC2CCCC2CS1. The lowest BCUT2D eigenvalue weighted by Gasteiger charge is -2.31. The number of nitrogens with one attached hydrogen (secondary N) is 1. The molecular weight excluding hydrogens is 254 g/mol. The molecule has 3 aliphatic rings.